The molecule has 0 spiro atoms. The zero-order valence-corrected chi connectivity index (χ0v) is 17.6. The fourth-order valence-electron chi connectivity index (χ4n) is 4.11. The molecule has 4 nitrogen and oxygen atoms in total. The highest BCUT2D eigenvalue weighted by Gasteiger charge is 2.35. The number of benzene rings is 2. The van der Waals surface area contributed by atoms with Crippen molar-refractivity contribution < 1.29 is 9.53 Å². The molecule has 29 heavy (non-hydrogen) atoms. The van der Waals surface area contributed by atoms with Gasteiger partial charge in [-0.3, -0.25) is 9.78 Å². The SMILES string of the molecule is Cc1ccc2nc(C)c(C(=O)NCC3(c4cccc(Cl)c4)CCOCC3)cc2c1. The van der Waals surface area contributed by atoms with Crippen molar-refractivity contribution in [2.75, 3.05) is 19.8 Å². The number of amides is 1. The number of nitrogens with one attached hydrogen (secondary N) is 1. The zero-order chi connectivity index (χ0) is 20.4. The van der Waals surface area contributed by atoms with E-state index < -0.39 is 0 Å². The van der Waals surface area contributed by atoms with Gasteiger partial charge >= 0.3 is 0 Å². The highest BCUT2D eigenvalue weighted by Crippen LogP contribution is 2.35. The first-order chi connectivity index (χ1) is 14.0. The summed E-state index contributed by atoms with van der Waals surface area (Å²) in [4.78, 5) is 17.7. The number of nitrogens with zero attached hydrogens (tertiary/aromatic N) is 1. The maximum Gasteiger partial charge on any atom is 0.253 e. The first-order valence-electron chi connectivity index (χ1n) is 9.97. The lowest BCUT2D eigenvalue weighted by Gasteiger charge is -2.38. The molecule has 0 saturated carbocycles. The van der Waals surface area contributed by atoms with Crippen LogP contribution < -0.4 is 5.32 Å². The zero-order valence-electron chi connectivity index (χ0n) is 16.8. The van der Waals surface area contributed by atoms with E-state index in [1.165, 1.54) is 0 Å². The summed E-state index contributed by atoms with van der Waals surface area (Å²) in [6.07, 6.45) is 1.70. The van der Waals surface area contributed by atoms with Crippen LogP contribution in [0.1, 0.15) is 40.0 Å². The first kappa shape index (κ1) is 19.9. The van der Waals surface area contributed by atoms with E-state index in [0.717, 1.165) is 40.6 Å². The van der Waals surface area contributed by atoms with E-state index >= 15 is 0 Å². The summed E-state index contributed by atoms with van der Waals surface area (Å²) >= 11 is 6.25. The smallest absolute Gasteiger partial charge is 0.253 e. The second kappa shape index (κ2) is 8.13. The molecule has 1 aliphatic heterocycles. The van der Waals surface area contributed by atoms with E-state index in [-0.39, 0.29) is 11.3 Å². The Kier molecular flexibility index (Phi) is 5.57. The van der Waals surface area contributed by atoms with Crippen molar-refractivity contribution in [1.82, 2.24) is 10.3 Å². The van der Waals surface area contributed by atoms with Crippen molar-refractivity contribution in [3.8, 4) is 0 Å². The molecule has 0 aliphatic carbocycles. The van der Waals surface area contributed by atoms with Crippen molar-refractivity contribution in [1.29, 1.82) is 0 Å². The van der Waals surface area contributed by atoms with Gasteiger partial charge in [-0.15, -0.1) is 0 Å². The molecule has 0 radical (unpaired) electrons. The molecule has 1 saturated heterocycles. The summed E-state index contributed by atoms with van der Waals surface area (Å²) in [6.45, 7) is 5.83. The highest BCUT2D eigenvalue weighted by atomic mass is 35.5. The van der Waals surface area contributed by atoms with Crippen molar-refractivity contribution in [3.05, 3.63) is 75.9 Å². The predicted molar refractivity (Wildman–Crippen MR) is 117 cm³/mol. The maximum absolute atomic E-state index is 13.1. The van der Waals surface area contributed by atoms with Crippen LogP contribution in [0.25, 0.3) is 10.9 Å². The standard InChI is InChI=1S/C24H25ClN2O2/c1-16-6-7-22-18(12-16)13-21(17(2)27-22)23(28)26-15-24(8-10-29-11-9-24)19-4-3-5-20(25)14-19/h3-7,12-14H,8-11,15H2,1-2H3,(H,26,28). The van der Waals surface area contributed by atoms with Crippen molar-refractivity contribution in [3.63, 3.8) is 0 Å². The Labute approximate surface area is 176 Å². The fourth-order valence-corrected chi connectivity index (χ4v) is 4.31. The highest BCUT2D eigenvalue weighted by molar-refractivity contribution is 6.30. The number of rotatable bonds is 4. The minimum absolute atomic E-state index is 0.0914. The largest absolute Gasteiger partial charge is 0.381 e. The Morgan fingerprint density at radius 3 is 2.69 bits per heavy atom. The number of pyridine rings is 1. The van der Waals surface area contributed by atoms with Gasteiger partial charge < -0.3 is 10.1 Å². The van der Waals surface area contributed by atoms with Gasteiger partial charge in [-0.1, -0.05) is 35.4 Å². The average molecular weight is 409 g/mol. The molecule has 0 bridgehead atoms. The molecule has 4 rings (SSSR count). The molecule has 2 heterocycles. The number of aryl methyl sites for hydroxylation is 2. The molecule has 1 amide bonds. The quantitative estimate of drug-likeness (QED) is 0.662. The summed E-state index contributed by atoms with van der Waals surface area (Å²) < 4.78 is 5.59. The molecular weight excluding hydrogens is 384 g/mol. The van der Waals surface area contributed by atoms with Crippen molar-refractivity contribution >= 4 is 28.4 Å². The Morgan fingerprint density at radius 2 is 1.93 bits per heavy atom. The second-order valence-electron chi connectivity index (χ2n) is 7.90. The number of carbonyl (C=O) groups is 1. The first-order valence-corrected chi connectivity index (χ1v) is 10.3. The molecule has 0 atom stereocenters. The van der Waals surface area contributed by atoms with Crippen LogP contribution in [0.3, 0.4) is 0 Å². The summed E-state index contributed by atoms with van der Waals surface area (Å²) in [7, 11) is 0. The molecule has 1 fully saturated rings. The molecule has 1 aliphatic rings. The van der Waals surface area contributed by atoms with Gasteiger partial charge in [0.25, 0.3) is 5.91 Å². The molecule has 150 valence electrons. The van der Waals surface area contributed by atoms with Gasteiger partial charge in [0.05, 0.1) is 16.8 Å². The van der Waals surface area contributed by atoms with Crippen LogP contribution >= 0.6 is 11.6 Å². The van der Waals surface area contributed by atoms with E-state index in [9.17, 15) is 4.79 Å². The normalized spacial score (nSPS) is 16.0. The number of carbonyl (C=O) groups excluding carboxylic acids is 1. The number of halogens is 1. The van der Waals surface area contributed by atoms with Gasteiger partial charge in [-0.05, 0) is 62.6 Å². The number of aromatic nitrogens is 1. The van der Waals surface area contributed by atoms with Crippen LogP contribution in [0.2, 0.25) is 5.02 Å². The average Bonchev–Trinajstić information content (AvgIpc) is 2.72. The van der Waals surface area contributed by atoms with E-state index in [2.05, 4.69) is 22.4 Å². The van der Waals surface area contributed by atoms with Gasteiger partial charge in [0.15, 0.2) is 0 Å². The number of fused-ring (bicyclic) bond motifs is 1. The van der Waals surface area contributed by atoms with Crippen LogP contribution in [0.5, 0.6) is 0 Å². The van der Waals surface area contributed by atoms with Gasteiger partial charge in [-0.25, -0.2) is 0 Å². The molecular formula is C24H25ClN2O2. The van der Waals surface area contributed by atoms with Crippen LogP contribution in [-0.2, 0) is 10.2 Å². The van der Waals surface area contributed by atoms with E-state index in [0.29, 0.717) is 30.3 Å². The molecule has 2 aromatic carbocycles. The Hall–Kier alpha value is -2.43. The van der Waals surface area contributed by atoms with E-state index in [4.69, 9.17) is 16.3 Å². The van der Waals surface area contributed by atoms with Gasteiger partial charge in [-0.2, -0.15) is 0 Å². The lowest BCUT2D eigenvalue weighted by molar-refractivity contribution is 0.0487. The van der Waals surface area contributed by atoms with Gasteiger partial charge in [0, 0.05) is 35.6 Å². The van der Waals surface area contributed by atoms with E-state index in [1.54, 1.807) is 0 Å². The van der Waals surface area contributed by atoms with Crippen LogP contribution in [-0.4, -0.2) is 30.6 Å². The number of hydrogen-bond donors (Lipinski definition) is 1. The second-order valence-corrected chi connectivity index (χ2v) is 8.34. The Balaban J connectivity index is 1.60. The summed E-state index contributed by atoms with van der Waals surface area (Å²) in [5.41, 5.74) is 4.39. The monoisotopic (exact) mass is 408 g/mol. The van der Waals surface area contributed by atoms with Gasteiger partial charge in [0.1, 0.15) is 0 Å². The third-order valence-corrected chi connectivity index (χ3v) is 6.11. The predicted octanol–water partition coefficient (Wildman–Crippen LogP) is 4.98. The maximum atomic E-state index is 13.1. The van der Waals surface area contributed by atoms with Crippen LogP contribution in [0, 0.1) is 13.8 Å². The van der Waals surface area contributed by atoms with Gasteiger partial charge in [0.2, 0.25) is 0 Å². The molecule has 0 unspecified atom stereocenters. The van der Waals surface area contributed by atoms with Crippen molar-refractivity contribution in [2.45, 2.75) is 32.1 Å². The number of ether oxygens (including phenoxy) is 1. The summed E-state index contributed by atoms with van der Waals surface area (Å²) in [5.74, 6) is -0.0914. The van der Waals surface area contributed by atoms with E-state index in [1.807, 2.05) is 50.2 Å². The van der Waals surface area contributed by atoms with Crippen LogP contribution in [0.15, 0.2) is 48.5 Å². The lowest BCUT2D eigenvalue weighted by atomic mass is 9.74. The third-order valence-electron chi connectivity index (χ3n) is 5.88. The summed E-state index contributed by atoms with van der Waals surface area (Å²) in [6, 6.07) is 16.0. The van der Waals surface area contributed by atoms with Crippen LogP contribution in [0.4, 0.5) is 0 Å². The third kappa shape index (κ3) is 4.14. The molecule has 3 aromatic rings. The minimum Gasteiger partial charge on any atom is -0.381 e. The Morgan fingerprint density at radius 1 is 1.14 bits per heavy atom. The van der Waals surface area contributed by atoms with Crippen molar-refractivity contribution in [2.24, 2.45) is 0 Å². The molecule has 1 aromatic heterocycles. The number of hydrogen-bond acceptors (Lipinski definition) is 3. The molecule has 5 heteroatoms. The lowest BCUT2D eigenvalue weighted by Crippen LogP contribution is -2.44. The fraction of sp³-hybridized carbons (Fsp3) is 0.333. The topological polar surface area (TPSA) is 51.2 Å². The molecule has 1 N–H and O–H groups in total. The summed E-state index contributed by atoms with van der Waals surface area (Å²) in [5, 5.41) is 4.87. The minimum atomic E-state index is -0.173. The Bertz CT molecular complexity index is 1060.